The molecular formula is C13H25N3O3. The fraction of sp³-hybridized carbons (Fsp3) is 0.846. The molecule has 6 nitrogen and oxygen atoms in total. The van der Waals surface area contributed by atoms with E-state index in [1.165, 1.54) is 31.2 Å². The van der Waals surface area contributed by atoms with Crippen molar-refractivity contribution in [2.45, 2.75) is 38.6 Å². The van der Waals surface area contributed by atoms with Gasteiger partial charge in [0.15, 0.2) is 0 Å². The first-order valence-corrected chi connectivity index (χ1v) is 7.02. The number of carboxylic acids is 1. The molecule has 1 aliphatic heterocycles. The Bertz CT molecular complexity index is 304. The van der Waals surface area contributed by atoms with Crippen molar-refractivity contribution < 1.29 is 14.7 Å². The quantitative estimate of drug-likeness (QED) is 0.755. The van der Waals surface area contributed by atoms with Crippen LogP contribution < -0.4 is 5.32 Å². The monoisotopic (exact) mass is 271 g/mol. The average molecular weight is 271 g/mol. The molecule has 0 aliphatic carbocycles. The summed E-state index contributed by atoms with van der Waals surface area (Å²) in [5.74, 6) is -0.962. The van der Waals surface area contributed by atoms with Crippen molar-refractivity contribution in [1.82, 2.24) is 15.1 Å². The molecule has 19 heavy (non-hydrogen) atoms. The smallest absolute Gasteiger partial charge is 0.326 e. The number of nitrogens with zero attached hydrogens (tertiary/aromatic N) is 2. The van der Waals surface area contributed by atoms with Crippen LogP contribution in [0.4, 0.5) is 4.79 Å². The van der Waals surface area contributed by atoms with Gasteiger partial charge in [-0.3, -0.25) is 0 Å². The molecule has 0 bridgehead atoms. The van der Waals surface area contributed by atoms with Gasteiger partial charge in [-0.25, -0.2) is 9.59 Å². The predicted molar refractivity (Wildman–Crippen MR) is 73.2 cm³/mol. The first-order chi connectivity index (χ1) is 9.06. The van der Waals surface area contributed by atoms with E-state index >= 15 is 0 Å². The molecule has 1 rings (SSSR count). The Labute approximate surface area is 114 Å². The molecule has 1 heterocycles. The van der Waals surface area contributed by atoms with Gasteiger partial charge in [-0.2, -0.15) is 0 Å². The van der Waals surface area contributed by atoms with E-state index in [1.807, 2.05) is 0 Å². The number of hydrogen-bond acceptors (Lipinski definition) is 3. The number of carbonyl (C=O) groups excluding carboxylic acids is 1. The average Bonchev–Trinajstić information content (AvgIpc) is 2.40. The van der Waals surface area contributed by atoms with Crippen molar-refractivity contribution in [2.75, 3.05) is 33.2 Å². The molecule has 1 atom stereocenters. The lowest BCUT2D eigenvalue weighted by molar-refractivity contribution is -0.141. The van der Waals surface area contributed by atoms with Crippen LogP contribution >= 0.6 is 0 Å². The van der Waals surface area contributed by atoms with Crippen LogP contribution in [-0.4, -0.2) is 66.2 Å². The number of rotatable bonds is 6. The van der Waals surface area contributed by atoms with Gasteiger partial charge in [0, 0.05) is 20.1 Å². The lowest BCUT2D eigenvalue weighted by Gasteiger charge is -2.28. The summed E-state index contributed by atoms with van der Waals surface area (Å²) in [7, 11) is 1.53. The number of carboxylic acid groups (broad SMARTS) is 1. The second-order valence-electron chi connectivity index (χ2n) is 5.01. The molecule has 0 aromatic heterocycles. The highest BCUT2D eigenvalue weighted by Gasteiger charge is 2.24. The molecule has 6 heteroatoms. The maximum atomic E-state index is 11.8. The number of likely N-dealkylation sites (tertiary alicyclic amines) is 1. The SMILES string of the molecule is CCC(C(=O)O)N(C)C(=O)NCCN1CCCCC1. The van der Waals surface area contributed by atoms with E-state index in [4.69, 9.17) is 5.11 Å². The number of amides is 2. The maximum absolute atomic E-state index is 11.8. The summed E-state index contributed by atoms with van der Waals surface area (Å²) in [5, 5.41) is 11.8. The molecule has 1 aliphatic rings. The van der Waals surface area contributed by atoms with Gasteiger partial charge in [0.2, 0.25) is 0 Å². The van der Waals surface area contributed by atoms with Crippen molar-refractivity contribution in [3.63, 3.8) is 0 Å². The lowest BCUT2D eigenvalue weighted by Crippen LogP contribution is -2.48. The van der Waals surface area contributed by atoms with Crippen LogP contribution in [0.3, 0.4) is 0 Å². The van der Waals surface area contributed by atoms with E-state index < -0.39 is 12.0 Å². The van der Waals surface area contributed by atoms with Crippen molar-refractivity contribution in [3.05, 3.63) is 0 Å². The van der Waals surface area contributed by atoms with E-state index in [2.05, 4.69) is 10.2 Å². The molecular weight excluding hydrogens is 246 g/mol. The third-order valence-electron chi connectivity index (χ3n) is 3.61. The van der Waals surface area contributed by atoms with Crippen molar-refractivity contribution in [3.8, 4) is 0 Å². The molecule has 0 aromatic carbocycles. The van der Waals surface area contributed by atoms with E-state index in [0.717, 1.165) is 19.6 Å². The van der Waals surface area contributed by atoms with Gasteiger partial charge in [-0.05, 0) is 32.4 Å². The van der Waals surface area contributed by atoms with Gasteiger partial charge >= 0.3 is 12.0 Å². The zero-order valence-corrected chi connectivity index (χ0v) is 11.9. The Balaban J connectivity index is 2.27. The number of likely N-dealkylation sites (N-methyl/N-ethyl adjacent to an activating group) is 1. The van der Waals surface area contributed by atoms with Crippen LogP contribution in [0.1, 0.15) is 32.6 Å². The van der Waals surface area contributed by atoms with Crippen LogP contribution in [-0.2, 0) is 4.79 Å². The Kier molecular flexibility index (Phi) is 6.62. The largest absolute Gasteiger partial charge is 0.480 e. The predicted octanol–water partition coefficient (Wildman–Crippen LogP) is 0.977. The van der Waals surface area contributed by atoms with E-state index in [0.29, 0.717) is 13.0 Å². The third-order valence-corrected chi connectivity index (χ3v) is 3.61. The number of aliphatic carboxylic acids is 1. The van der Waals surface area contributed by atoms with E-state index in [1.54, 1.807) is 6.92 Å². The van der Waals surface area contributed by atoms with Crippen LogP contribution in [0.2, 0.25) is 0 Å². The Morgan fingerprint density at radius 3 is 2.47 bits per heavy atom. The van der Waals surface area contributed by atoms with Crippen LogP contribution in [0.25, 0.3) is 0 Å². The standard InChI is InChI=1S/C13H25N3O3/c1-3-11(12(17)18)15(2)13(19)14-7-10-16-8-5-4-6-9-16/h11H,3-10H2,1-2H3,(H,14,19)(H,17,18). The summed E-state index contributed by atoms with van der Waals surface area (Å²) in [6.45, 7) is 5.36. The minimum atomic E-state index is -0.962. The van der Waals surface area contributed by atoms with Gasteiger partial charge in [-0.1, -0.05) is 13.3 Å². The van der Waals surface area contributed by atoms with Crippen molar-refractivity contribution in [1.29, 1.82) is 0 Å². The summed E-state index contributed by atoms with van der Waals surface area (Å²) in [6.07, 6.45) is 4.16. The van der Waals surface area contributed by atoms with Gasteiger partial charge < -0.3 is 20.2 Å². The molecule has 2 amide bonds. The van der Waals surface area contributed by atoms with Crippen LogP contribution in [0, 0.1) is 0 Å². The number of hydrogen-bond donors (Lipinski definition) is 2. The second-order valence-corrected chi connectivity index (χ2v) is 5.01. The molecule has 2 N–H and O–H groups in total. The Morgan fingerprint density at radius 2 is 1.95 bits per heavy atom. The fourth-order valence-corrected chi connectivity index (χ4v) is 2.38. The lowest BCUT2D eigenvalue weighted by atomic mass is 10.1. The zero-order valence-electron chi connectivity index (χ0n) is 11.9. The highest BCUT2D eigenvalue weighted by Crippen LogP contribution is 2.07. The normalized spacial score (nSPS) is 17.8. The Hall–Kier alpha value is -1.30. The minimum absolute atomic E-state index is 0.314. The highest BCUT2D eigenvalue weighted by molar-refractivity contribution is 5.82. The first-order valence-electron chi connectivity index (χ1n) is 7.02. The van der Waals surface area contributed by atoms with Gasteiger partial charge in [0.1, 0.15) is 6.04 Å². The topological polar surface area (TPSA) is 72.9 Å². The summed E-state index contributed by atoms with van der Waals surface area (Å²) < 4.78 is 0. The number of nitrogens with one attached hydrogen (secondary N) is 1. The zero-order chi connectivity index (χ0) is 14.3. The number of carbonyl (C=O) groups is 2. The summed E-state index contributed by atoms with van der Waals surface area (Å²) in [4.78, 5) is 26.4. The highest BCUT2D eigenvalue weighted by atomic mass is 16.4. The molecule has 110 valence electrons. The van der Waals surface area contributed by atoms with E-state index in [-0.39, 0.29) is 6.03 Å². The van der Waals surface area contributed by atoms with Crippen molar-refractivity contribution >= 4 is 12.0 Å². The van der Waals surface area contributed by atoms with Gasteiger partial charge in [0.05, 0.1) is 0 Å². The Morgan fingerprint density at radius 1 is 1.32 bits per heavy atom. The van der Waals surface area contributed by atoms with Crippen LogP contribution in [0.15, 0.2) is 0 Å². The molecule has 1 unspecified atom stereocenters. The minimum Gasteiger partial charge on any atom is -0.480 e. The molecule has 1 saturated heterocycles. The molecule has 0 saturated carbocycles. The first kappa shape index (κ1) is 15.8. The second kappa shape index (κ2) is 7.99. The summed E-state index contributed by atoms with van der Waals surface area (Å²) >= 11 is 0. The number of piperidine rings is 1. The summed E-state index contributed by atoms with van der Waals surface area (Å²) in [5.41, 5.74) is 0. The summed E-state index contributed by atoms with van der Waals surface area (Å²) in [6, 6.07) is -1.07. The molecule has 0 aromatic rings. The molecule has 0 radical (unpaired) electrons. The number of urea groups is 1. The maximum Gasteiger partial charge on any atom is 0.326 e. The van der Waals surface area contributed by atoms with E-state index in [9.17, 15) is 9.59 Å². The molecule has 1 fully saturated rings. The van der Waals surface area contributed by atoms with Crippen molar-refractivity contribution in [2.24, 2.45) is 0 Å². The van der Waals surface area contributed by atoms with Gasteiger partial charge in [-0.15, -0.1) is 0 Å². The fourth-order valence-electron chi connectivity index (χ4n) is 2.38. The molecule has 0 spiro atoms. The van der Waals surface area contributed by atoms with Gasteiger partial charge in [0.25, 0.3) is 0 Å². The third kappa shape index (κ3) is 5.06. The van der Waals surface area contributed by atoms with Crippen LogP contribution in [0.5, 0.6) is 0 Å².